The van der Waals surface area contributed by atoms with Gasteiger partial charge in [-0.15, -0.1) is 0 Å². The molecule has 0 aliphatic carbocycles. The van der Waals surface area contributed by atoms with Crippen molar-refractivity contribution < 1.29 is 9.90 Å². The average Bonchev–Trinajstić information content (AvgIpc) is 2.25. The highest BCUT2D eigenvalue weighted by atomic mass is 16.2. The second-order valence-electron chi connectivity index (χ2n) is 5.19. The van der Waals surface area contributed by atoms with Crippen LogP contribution in [0.1, 0.15) is 42.3 Å². The van der Waals surface area contributed by atoms with Gasteiger partial charge in [0.25, 0.3) is 5.91 Å². The fraction of sp³-hybridized carbons (Fsp3) is 0.400. The second-order valence-corrected chi connectivity index (χ2v) is 5.19. The number of hydrogen-bond donors (Lipinski definition) is 2. The van der Waals surface area contributed by atoms with Crippen LogP contribution < -0.4 is 5.32 Å². The third kappa shape index (κ3) is 4.23. The number of nitrogens with one attached hydrogen (secondary N) is 1. The van der Waals surface area contributed by atoms with Crippen LogP contribution in [0.5, 0.6) is 0 Å². The molecule has 0 heterocycles. The van der Waals surface area contributed by atoms with Crippen molar-refractivity contribution in [1.82, 2.24) is 5.32 Å². The zero-order valence-electron chi connectivity index (χ0n) is 11.3. The van der Waals surface area contributed by atoms with E-state index in [1.54, 1.807) is 12.1 Å². The molecule has 0 saturated heterocycles. The Hall–Kier alpha value is -1.79. The van der Waals surface area contributed by atoms with Crippen LogP contribution in [0, 0.1) is 18.8 Å². The molecule has 3 heteroatoms. The Morgan fingerprint density at radius 3 is 2.56 bits per heavy atom. The average molecular weight is 245 g/mol. The van der Waals surface area contributed by atoms with Gasteiger partial charge in [0.05, 0.1) is 0 Å². The third-order valence-corrected chi connectivity index (χ3v) is 2.28. The van der Waals surface area contributed by atoms with E-state index in [1.165, 1.54) is 0 Å². The van der Waals surface area contributed by atoms with Crippen LogP contribution in [0.2, 0.25) is 0 Å². The summed E-state index contributed by atoms with van der Waals surface area (Å²) in [6, 6.07) is 5.35. The number of aliphatic hydroxyl groups is 1. The molecule has 1 aromatic carbocycles. The fourth-order valence-corrected chi connectivity index (χ4v) is 1.49. The molecule has 2 N–H and O–H groups in total. The highest BCUT2D eigenvalue weighted by molar-refractivity contribution is 5.95. The first-order valence-electron chi connectivity index (χ1n) is 5.86. The van der Waals surface area contributed by atoms with Gasteiger partial charge in [-0.2, -0.15) is 0 Å². The van der Waals surface area contributed by atoms with Crippen LogP contribution in [-0.4, -0.2) is 23.2 Å². The van der Waals surface area contributed by atoms with Gasteiger partial charge in [0.1, 0.15) is 6.61 Å². The number of amides is 1. The Kier molecular flexibility index (Phi) is 4.52. The standard InChI is InChI=1S/C15H19NO2/c1-11-10-13(14(18)16-15(2,3)4)8-7-12(11)6-5-9-17/h7-8,10,17H,9H2,1-4H3,(H,16,18). The SMILES string of the molecule is Cc1cc(C(=O)NC(C)(C)C)ccc1C#CCO. The highest BCUT2D eigenvalue weighted by Gasteiger charge is 2.15. The summed E-state index contributed by atoms with van der Waals surface area (Å²) in [5, 5.41) is 11.6. The van der Waals surface area contributed by atoms with Crippen LogP contribution in [0.3, 0.4) is 0 Å². The van der Waals surface area contributed by atoms with Gasteiger partial charge in [0, 0.05) is 16.7 Å². The lowest BCUT2D eigenvalue weighted by Gasteiger charge is -2.20. The Morgan fingerprint density at radius 1 is 1.39 bits per heavy atom. The summed E-state index contributed by atoms with van der Waals surface area (Å²) in [7, 11) is 0. The molecule has 0 aliphatic heterocycles. The van der Waals surface area contributed by atoms with Crippen molar-refractivity contribution in [2.75, 3.05) is 6.61 Å². The molecule has 0 atom stereocenters. The second kappa shape index (κ2) is 5.70. The van der Waals surface area contributed by atoms with Crippen LogP contribution in [0.15, 0.2) is 18.2 Å². The molecule has 3 nitrogen and oxygen atoms in total. The summed E-state index contributed by atoms with van der Waals surface area (Å²) in [6.07, 6.45) is 0. The summed E-state index contributed by atoms with van der Waals surface area (Å²) in [5.41, 5.74) is 2.13. The number of hydrogen-bond acceptors (Lipinski definition) is 2. The zero-order chi connectivity index (χ0) is 13.8. The molecule has 0 aliphatic rings. The van der Waals surface area contributed by atoms with E-state index in [9.17, 15) is 4.79 Å². The quantitative estimate of drug-likeness (QED) is 0.742. The summed E-state index contributed by atoms with van der Waals surface area (Å²) in [5.74, 6) is 5.35. The first-order valence-corrected chi connectivity index (χ1v) is 5.86. The van der Waals surface area contributed by atoms with Crippen LogP contribution in [0.25, 0.3) is 0 Å². The molecule has 1 amide bonds. The molecule has 0 bridgehead atoms. The van der Waals surface area contributed by atoms with Gasteiger partial charge in [-0.05, 0) is 51.5 Å². The van der Waals surface area contributed by atoms with Gasteiger partial charge < -0.3 is 10.4 Å². The van der Waals surface area contributed by atoms with Crippen molar-refractivity contribution in [3.63, 3.8) is 0 Å². The monoisotopic (exact) mass is 245 g/mol. The van der Waals surface area contributed by atoms with E-state index in [1.807, 2.05) is 33.8 Å². The molecule has 0 radical (unpaired) electrons. The number of aliphatic hydroxyl groups excluding tert-OH is 1. The lowest BCUT2D eigenvalue weighted by atomic mass is 10.0. The number of benzene rings is 1. The van der Waals surface area contributed by atoms with Gasteiger partial charge in [0.2, 0.25) is 0 Å². The summed E-state index contributed by atoms with van der Waals surface area (Å²) >= 11 is 0. The maximum Gasteiger partial charge on any atom is 0.251 e. The third-order valence-electron chi connectivity index (χ3n) is 2.28. The summed E-state index contributed by atoms with van der Waals surface area (Å²) in [6.45, 7) is 7.57. The fourth-order valence-electron chi connectivity index (χ4n) is 1.49. The molecular formula is C15H19NO2. The maximum absolute atomic E-state index is 12.0. The van der Waals surface area contributed by atoms with E-state index >= 15 is 0 Å². The minimum Gasteiger partial charge on any atom is -0.384 e. The molecule has 0 spiro atoms. The normalized spacial score (nSPS) is 10.5. The minimum absolute atomic E-state index is 0.0905. The van der Waals surface area contributed by atoms with Crippen molar-refractivity contribution in [2.45, 2.75) is 33.2 Å². The molecule has 18 heavy (non-hydrogen) atoms. The van der Waals surface area contributed by atoms with Gasteiger partial charge in [-0.1, -0.05) is 11.8 Å². The van der Waals surface area contributed by atoms with Crippen molar-refractivity contribution in [3.8, 4) is 11.8 Å². The molecular weight excluding hydrogens is 226 g/mol. The van der Waals surface area contributed by atoms with Crippen molar-refractivity contribution in [2.24, 2.45) is 0 Å². The van der Waals surface area contributed by atoms with Gasteiger partial charge in [-0.3, -0.25) is 4.79 Å². The Labute approximate surface area is 108 Å². The number of aryl methyl sites for hydroxylation is 1. The van der Waals surface area contributed by atoms with Crippen LogP contribution in [-0.2, 0) is 0 Å². The lowest BCUT2D eigenvalue weighted by molar-refractivity contribution is 0.0919. The van der Waals surface area contributed by atoms with Crippen molar-refractivity contribution in [3.05, 3.63) is 34.9 Å². The molecule has 1 aromatic rings. The molecule has 1 rings (SSSR count). The van der Waals surface area contributed by atoms with Crippen molar-refractivity contribution >= 4 is 5.91 Å². The predicted octanol–water partition coefficient (Wildman–Crippen LogP) is 1.87. The van der Waals surface area contributed by atoms with Gasteiger partial charge in [0.15, 0.2) is 0 Å². The van der Waals surface area contributed by atoms with Gasteiger partial charge >= 0.3 is 0 Å². The predicted molar refractivity (Wildman–Crippen MR) is 72.4 cm³/mol. The number of carbonyl (C=O) groups is 1. The van der Waals surface area contributed by atoms with Crippen LogP contribution in [0.4, 0.5) is 0 Å². The molecule has 0 fully saturated rings. The summed E-state index contributed by atoms with van der Waals surface area (Å²) in [4.78, 5) is 12.0. The number of carbonyl (C=O) groups excluding carboxylic acids is 1. The van der Waals surface area contributed by atoms with Gasteiger partial charge in [-0.25, -0.2) is 0 Å². The first-order chi connectivity index (χ1) is 8.33. The highest BCUT2D eigenvalue weighted by Crippen LogP contribution is 2.11. The van der Waals surface area contributed by atoms with E-state index in [0.29, 0.717) is 5.56 Å². The molecule has 96 valence electrons. The molecule has 0 unspecified atom stereocenters. The zero-order valence-corrected chi connectivity index (χ0v) is 11.3. The van der Waals surface area contributed by atoms with E-state index in [0.717, 1.165) is 11.1 Å². The maximum atomic E-state index is 12.0. The largest absolute Gasteiger partial charge is 0.384 e. The van der Waals surface area contributed by atoms with E-state index in [-0.39, 0.29) is 18.1 Å². The Morgan fingerprint density at radius 2 is 2.06 bits per heavy atom. The molecule has 0 aromatic heterocycles. The number of rotatable bonds is 1. The first kappa shape index (κ1) is 14.3. The minimum atomic E-state index is -0.250. The smallest absolute Gasteiger partial charge is 0.251 e. The Balaban J connectivity index is 2.94. The molecule has 0 saturated carbocycles. The van der Waals surface area contributed by atoms with E-state index in [4.69, 9.17) is 5.11 Å². The van der Waals surface area contributed by atoms with E-state index < -0.39 is 0 Å². The topological polar surface area (TPSA) is 49.3 Å². The Bertz CT molecular complexity index is 501. The lowest BCUT2D eigenvalue weighted by Crippen LogP contribution is -2.40. The van der Waals surface area contributed by atoms with Crippen LogP contribution >= 0.6 is 0 Å². The van der Waals surface area contributed by atoms with E-state index in [2.05, 4.69) is 17.2 Å². The van der Waals surface area contributed by atoms with Crippen molar-refractivity contribution in [1.29, 1.82) is 0 Å². The summed E-state index contributed by atoms with van der Waals surface area (Å²) < 4.78 is 0.